The van der Waals surface area contributed by atoms with E-state index < -0.39 is 0 Å². The number of carbonyl (C=O) groups excluding carboxylic acids is 2. The lowest BCUT2D eigenvalue weighted by Gasteiger charge is -2.06. The molecule has 0 aliphatic heterocycles. The van der Waals surface area contributed by atoms with Gasteiger partial charge in [0.25, 0.3) is 0 Å². The number of hydrogen-bond acceptors (Lipinski definition) is 2. The highest BCUT2D eigenvalue weighted by molar-refractivity contribution is 6.07. The fourth-order valence-corrected chi connectivity index (χ4v) is 1.66. The zero-order valence-corrected chi connectivity index (χ0v) is 10.2. The van der Waals surface area contributed by atoms with E-state index in [1.807, 2.05) is 12.1 Å². The van der Waals surface area contributed by atoms with Crippen LogP contribution in [0.4, 0.5) is 0 Å². The van der Waals surface area contributed by atoms with E-state index in [1.165, 1.54) is 6.92 Å². The van der Waals surface area contributed by atoms with Gasteiger partial charge in [-0.3, -0.25) is 9.59 Å². The van der Waals surface area contributed by atoms with Gasteiger partial charge in [-0.1, -0.05) is 19.9 Å². The van der Waals surface area contributed by atoms with Crippen LogP contribution in [0.2, 0.25) is 0 Å². The number of aryl methyl sites for hydroxylation is 2. The van der Waals surface area contributed by atoms with Crippen molar-refractivity contribution in [2.75, 3.05) is 0 Å². The van der Waals surface area contributed by atoms with E-state index in [4.69, 9.17) is 0 Å². The van der Waals surface area contributed by atoms with Crippen LogP contribution < -0.4 is 0 Å². The van der Waals surface area contributed by atoms with Crippen LogP contribution in [-0.2, 0) is 17.6 Å². The first-order valence-electron chi connectivity index (χ1n) is 5.72. The number of benzene rings is 1. The molecule has 0 heterocycles. The maximum absolute atomic E-state index is 11.8. The fourth-order valence-electron chi connectivity index (χ4n) is 1.66. The van der Waals surface area contributed by atoms with E-state index in [0.717, 1.165) is 24.0 Å². The van der Waals surface area contributed by atoms with E-state index in [9.17, 15) is 9.59 Å². The molecule has 2 heteroatoms. The van der Waals surface area contributed by atoms with Gasteiger partial charge in [0.1, 0.15) is 5.78 Å². The minimum atomic E-state index is -0.0787. The highest BCUT2D eigenvalue weighted by atomic mass is 16.1. The summed E-state index contributed by atoms with van der Waals surface area (Å²) in [4.78, 5) is 22.7. The molecule has 0 radical (unpaired) electrons. The molecule has 0 N–H and O–H groups in total. The lowest BCUT2D eigenvalue weighted by molar-refractivity contribution is -0.116. The van der Waals surface area contributed by atoms with Crippen molar-refractivity contribution < 1.29 is 9.59 Å². The third-order valence-corrected chi connectivity index (χ3v) is 2.60. The molecule has 0 unspecified atom stereocenters. The molecular formula is C14H18O2. The third kappa shape index (κ3) is 3.30. The number of rotatable bonds is 5. The minimum absolute atomic E-state index is 0.0102. The van der Waals surface area contributed by atoms with Crippen LogP contribution in [0, 0.1) is 0 Å². The molecule has 1 aromatic rings. The molecule has 0 atom stereocenters. The van der Waals surface area contributed by atoms with Crippen LogP contribution in [0.3, 0.4) is 0 Å². The van der Waals surface area contributed by atoms with Crippen molar-refractivity contribution in [1.82, 2.24) is 0 Å². The summed E-state index contributed by atoms with van der Waals surface area (Å²) in [5, 5.41) is 0. The molecule has 1 aromatic carbocycles. The van der Waals surface area contributed by atoms with Crippen molar-refractivity contribution in [3.8, 4) is 0 Å². The van der Waals surface area contributed by atoms with Crippen molar-refractivity contribution in [2.24, 2.45) is 0 Å². The van der Waals surface area contributed by atoms with Crippen molar-refractivity contribution >= 4 is 11.6 Å². The topological polar surface area (TPSA) is 34.1 Å². The van der Waals surface area contributed by atoms with E-state index in [2.05, 4.69) is 19.9 Å². The maximum Gasteiger partial charge on any atom is 0.170 e. The first-order valence-corrected chi connectivity index (χ1v) is 5.72. The van der Waals surface area contributed by atoms with Crippen molar-refractivity contribution in [1.29, 1.82) is 0 Å². The van der Waals surface area contributed by atoms with Gasteiger partial charge in [0.05, 0.1) is 6.42 Å². The van der Waals surface area contributed by atoms with Crippen molar-refractivity contribution in [3.05, 3.63) is 34.9 Å². The molecule has 0 bridgehead atoms. The maximum atomic E-state index is 11.8. The molecular weight excluding hydrogens is 200 g/mol. The molecule has 0 spiro atoms. The third-order valence-electron chi connectivity index (χ3n) is 2.60. The average Bonchev–Trinajstić information content (AvgIpc) is 2.27. The Kier molecular flexibility index (Phi) is 4.41. The molecule has 0 saturated carbocycles. The molecule has 0 aromatic heterocycles. The predicted octanol–water partition coefficient (Wildman–Crippen LogP) is 2.97. The standard InChI is InChI=1S/C14H18O2/c1-4-11-7-12(5-2)9-13(8-11)14(16)6-10(3)15/h7-9H,4-6H2,1-3H3. The van der Waals surface area contributed by atoms with Gasteiger partial charge in [-0.25, -0.2) is 0 Å². The Morgan fingerprint density at radius 1 is 1.00 bits per heavy atom. The summed E-state index contributed by atoms with van der Waals surface area (Å²) in [5.41, 5.74) is 2.99. The zero-order valence-electron chi connectivity index (χ0n) is 10.2. The largest absolute Gasteiger partial charge is 0.300 e. The lowest BCUT2D eigenvalue weighted by atomic mass is 9.98. The van der Waals surface area contributed by atoms with E-state index in [1.54, 1.807) is 0 Å². The van der Waals surface area contributed by atoms with Crippen molar-refractivity contribution in [2.45, 2.75) is 40.0 Å². The summed E-state index contributed by atoms with van der Waals surface area (Å²) >= 11 is 0. The van der Waals surface area contributed by atoms with Gasteiger partial charge in [0.2, 0.25) is 0 Å². The second-order valence-corrected chi connectivity index (χ2v) is 4.05. The summed E-state index contributed by atoms with van der Waals surface area (Å²) < 4.78 is 0. The summed E-state index contributed by atoms with van der Waals surface area (Å²) in [7, 11) is 0. The molecule has 0 fully saturated rings. The number of ketones is 2. The summed E-state index contributed by atoms with van der Waals surface area (Å²) in [6, 6.07) is 5.90. The van der Waals surface area contributed by atoms with Gasteiger partial charge >= 0.3 is 0 Å². The Bertz CT molecular complexity index is 383. The second kappa shape index (κ2) is 5.59. The van der Waals surface area contributed by atoms with Gasteiger partial charge < -0.3 is 0 Å². The second-order valence-electron chi connectivity index (χ2n) is 4.05. The zero-order chi connectivity index (χ0) is 12.1. The average molecular weight is 218 g/mol. The lowest BCUT2D eigenvalue weighted by Crippen LogP contribution is -2.06. The Morgan fingerprint density at radius 2 is 1.50 bits per heavy atom. The minimum Gasteiger partial charge on any atom is -0.300 e. The summed E-state index contributed by atoms with van der Waals surface area (Å²) in [6.45, 7) is 5.57. The molecule has 86 valence electrons. The van der Waals surface area contributed by atoms with E-state index in [0.29, 0.717) is 5.56 Å². The predicted molar refractivity (Wildman–Crippen MR) is 64.8 cm³/mol. The monoisotopic (exact) mass is 218 g/mol. The Morgan fingerprint density at radius 3 is 1.88 bits per heavy atom. The molecule has 2 nitrogen and oxygen atoms in total. The first kappa shape index (κ1) is 12.6. The Hall–Kier alpha value is -1.44. The van der Waals surface area contributed by atoms with Crippen LogP contribution in [0.15, 0.2) is 18.2 Å². The van der Waals surface area contributed by atoms with Crippen LogP contribution in [0.25, 0.3) is 0 Å². The number of Topliss-reactive ketones (excluding diaryl/α,β-unsaturated/α-hetero) is 2. The Labute approximate surface area is 96.7 Å². The van der Waals surface area contributed by atoms with Gasteiger partial charge in [-0.2, -0.15) is 0 Å². The number of carbonyl (C=O) groups is 2. The molecule has 0 amide bonds. The molecule has 16 heavy (non-hydrogen) atoms. The summed E-state index contributed by atoms with van der Waals surface area (Å²) in [5.74, 6) is -0.151. The van der Waals surface area contributed by atoms with Gasteiger partial charge in [-0.15, -0.1) is 0 Å². The first-order chi connectivity index (χ1) is 7.56. The SMILES string of the molecule is CCc1cc(CC)cc(C(=O)CC(C)=O)c1. The Balaban J connectivity index is 3.02. The van der Waals surface area contributed by atoms with Gasteiger partial charge in [0, 0.05) is 5.56 Å². The van der Waals surface area contributed by atoms with Crippen LogP contribution in [-0.4, -0.2) is 11.6 Å². The quantitative estimate of drug-likeness (QED) is 0.562. The molecule has 0 aliphatic rings. The van der Waals surface area contributed by atoms with Crippen LogP contribution in [0.1, 0.15) is 48.7 Å². The molecule has 1 rings (SSSR count). The van der Waals surface area contributed by atoms with Gasteiger partial charge in [-0.05, 0) is 43.0 Å². The van der Waals surface area contributed by atoms with Gasteiger partial charge in [0.15, 0.2) is 5.78 Å². The molecule has 0 aliphatic carbocycles. The van der Waals surface area contributed by atoms with Crippen LogP contribution >= 0.6 is 0 Å². The normalized spacial score (nSPS) is 10.2. The fraction of sp³-hybridized carbons (Fsp3) is 0.429. The van der Waals surface area contributed by atoms with Crippen molar-refractivity contribution in [3.63, 3.8) is 0 Å². The summed E-state index contributed by atoms with van der Waals surface area (Å²) in [6.07, 6.45) is 1.83. The number of hydrogen-bond donors (Lipinski definition) is 0. The highest BCUT2D eigenvalue weighted by Gasteiger charge is 2.10. The molecule has 0 saturated heterocycles. The van der Waals surface area contributed by atoms with E-state index >= 15 is 0 Å². The van der Waals surface area contributed by atoms with E-state index in [-0.39, 0.29) is 18.0 Å². The smallest absolute Gasteiger partial charge is 0.170 e. The van der Waals surface area contributed by atoms with Crippen LogP contribution in [0.5, 0.6) is 0 Å². The highest BCUT2D eigenvalue weighted by Crippen LogP contribution is 2.13.